The van der Waals surface area contributed by atoms with Crippen molar-refractivity contribution in [2.75, 3.05) is 11.9 Å². The summed E-state index contributed by atoms with van der Waals surface area (Å²) >= 11 is 1.32. The third kappa shape index (κ3) is 4.89. The quantitative estimate of drug-likeness (QED) is 0.605. The number of hydrogen-bond acceptors (Lipinski definition) is 5. The molecule has 0 saturated heterocycles. The first-order valence-corrected chi connectivity index (χ1v) is 10.1. The van der Waals surface area contributed by atoms with E-state index in [0.29, 0.717) is 11.7 Å². The molecule has 152 valence electrons. The minimum Gasteiger partial charge on any atom is -0.494 e. The molecule has 2 amide bonds. The number of nitrogens with zero attached hydrogens (tertiary/aromatic N) is 1. The number of carbonyl (C=O) groups excluding carboxylic acids is 2. The summed E-state index contributed by atoms with van der Waals surface area (Å²) in [5, 5.41) is 5.79. The zero-order valence-electron chi connectivity index (χ0n) is 16.4. The van der Waals surface area contributed by atoms with Crippen LogP contribution in [0.1, 0.15) is 31.1 Å². The van der Waals surface area contributed by atoms with Gasteiger partial charge in [-0.1, -0.05) is 37.3 Å². The van der Waals surface area contributed by atoms with E-state index in [1.807, 2.05) is 25.1 Å². The van der Waals surface area contributed by atoms with Crippen molar-refractivity contribution in [2.24, 2.45) is 5.92 Å². The minimum absolute atomic E-state index is 0.102. The summed E-state index contributed by atoms with van der Waals surface area (Å²) in [6.45, 7) is 6.08. The van der Waals surface area contributed by atoms with E-state index in [1.165, 1.54) is 29.5 Å². The van der Waals surface area contributed by atoms with E-state index in [4.69, 9.17) is 4.74 Å². The Morgan fingerprint density at radius 3 is 2.66 bits per heavy atom. The number of hydrogen-bond donors (Lipinski definition) is 2. The topological polar surface area (TPSA) is 80.3 Å². The second kappa shape index (κ2) is 9.00. The minimum atomic E-state index is -0.840. The zero-order chi connectivity index (χ0) is 21.0. The number of carbonyl (C=O) groups is 2. The van der Waals surface area contributed by atoms with Crippen molar-refractivity contribution in [1.82, 2.24) is 10.3 Å². The van der Waals surface area contributed by atoms with Crippen molar-refractivity contribution >= 4 is 38.5 Å². The molecule has 0 saturated carbocycles. The molecule has 0 aliphatic carbocycles. The molecule has 0 bridgehead atoms. The van der Waals surface area contributed by atoms with E-state index in [0.717, 1.165) is 16.0 Å². The molecule has 3 aromatic rings. The van der Waals surface area contributed by atoms with Gasteiger partial charge in [-0.2, -0.15) is 0 Å². The SMILES string of the molecule is CCOc1ccc2nc(NC(=O)[C@@H](NC(=O)c3ccccc3F)C(C)C)sc2c1. The molecule has 0 unspecified atom stereocenters. The summed E-state index contributed by atoms with van der Waals surface area (Å²) in [5.41, 5.74) is 0.639. The molecule has 29 heavy (non-hydrogen) atoms. The number of benzene rings is 2. The van der Waals surface area contributed by atoms with Gasteiger partial charge in [-0.3, -0.25) is 9.59 Å². The molecule has 0 radical (unpaired) electrons. The lowest BCUT2D eigenvalue weighted by molar-refractivity contribution is -0.118. The predicted molar refractivity (Wildman–Crippen MR) is 112 cm³/mol. The van der Waals surface area contributed by atoms with Crippen molar-refractivity contribution in [3.05, 3.63) is 53.8 Å². The van der Waals surface area contributed by atoms with Crippen LogP contribution in [0.25, 0.3) is 10.2 Å². The number of fused-ring (bicyclic) bond motifs is 1. The Balaban J connectivity index is 1.75. The van der Waals surface area contributed by atoms with Gasteiger partial charge in [0, 0.05) is 0 Å². The van der Waals surface area contributed by atoms with Crippen LogP contribution in [0.5, 0.6) is 5.75 Å². The maximum Gasteiger partial charge on any atom is 0.254 e. The standard InChI is InChI=1S/C21H22FN3O3S/c1-4-28-13-9-10-16-17(11-13)29-21(23-16)25-20(27)18(12(2)3)24-19(26)14-7-5-6-8-15(14)22/h5-12,18H,4H2,1-3H3,(H,24,26)(H,23,25,27)/t18-/m0/s1. The van der Waals surface area contributed by atoms with Gasteiger partial charge in [0.2, 0.25) is 5.91 Å². The number of ether oxygens (including phenoxy) is 1. The van der Waals surface area contributed by atoms with E-state index in [1.54, 1.807) is 19.9 Å². The zero-order valence-corrected chi connectivity index (χ0v) is 17.2. The van der Waals surface area contributed by atoms with Gasteiger partial charge in [-0.25, -0.2) is 9.37 Å². The molecule has 6 nitrogen and oxygen atoms in total. The Kier molecular flexibility index (Phi) is 6.43. The Morgan fingerprint density at radius 1 is 1.21 bits per heavy atom. The third-order valence-corrected chi connectivity index (χ3v) is 5.19. The van der Waals surface area contributed by atoms with E-state index < -0.39 is 23.7 Å². The van der Waals surface area contributed by atoms with Crippen LogP contribution in [0.3, 0.4) is 0 Å². The van der Waals surface area contributed by atoms with Crippen LogP contribution in [-0.2, 0) is 4.79 Å². The highest BCUT2D eigenvalue weighted by Gasteiger charge is 2.26. The molecule has 2 N–H and O–H groups in total. The van der Waals surface area contributed by atoms with Crippen molar-refractivity contribution in [1.29, 1.82) is 0 Å². The number of aromatic nitrogens is 1. The van der Waals surface area contributed by atoms with Crippen LogP contribution < -0.4 is 15.4 Å². The van der Waals surface area contributed by atoms with Crippen LogP contribution in [-0.4, -0.2) is 29.4 Å². The van der Waals surface area contributed by atoms with Gasteiger partial charge < -0.3 is 15.4 Å². The summed E-state index contributed by atoms with van der Waals surface area (Å²) in [4.78, 5) is 29.6. The van der Waals surface area contributed by atoms with Crippen LogP contribution >= 0.6 is 11.3 Å². The van der Waals surface area contributed by atoms with Gasteiger partial charge >= 0.3 is 0 Å². The van der Waals surface area contributed by atoms with E-state index in [-0.39, 0.29) is 11.5 Å². The molecule has 0 spiro atoms. The monoisotopic (exact) mass is 415 g/mol. The van der Waals surface area contributed by atoms with Gasteiger partial charge in [0.1, 0.15) is 17.6 Å². The first kappa shape index (κ1) is 20.7. The third-order valence-electron chi connectivity index (χ3n) is 4.26. The number of halogens is 1. The van der Waals surface area contributed by atoms with Gasteiger partial charge in [-0.05, 0) is 43.2 Å². The summed E-state index contributed by atoms with van der Waals surface area (Å²) in [6.07, 6.45) is 0. The number of amides is 2. The molecular formula is C21H22FN3O3S. The summed E-state index contributed by atoms with van der Waals surface area (Å²) in [6, 6.07) is 10.3. The Labute approximate surface area is 172 Å². The molecule has 8 heteroatoms. The lowest BCUT2D eigenvalue weighted by atomic mass is 10.0. The van der Waals surface area contributed by atoms with Gasteiger partial charge in [0.05, 0.1) is 22.4 Å². The highest BCUT2D eigenvalue weighted by molar-refractivity contribution is 7.22. The largest absolute Gasteiger partial charge is 0.494 e. The maximum absolute atomic E-state index is 13.9. The number of thiazole rings is 1. The number of rotatable bonds is 7. The van der Waals surface area contributed by atoms with Crippen LogP contribution in [0.4, 0.5) is 9.52 Å². The molecule has 0 aliphatic heterocycles. The molecule has 2 aromatic carbocycles. The van der Waals surface area contributed by atoms with E-state index in [9.17, 15) is 14.0 Å². The summed E-state index contributed by atoms with van der Waals surface area (Å²) in [5.74, 6) is -1.15. The Bertz CT molecular complexity index is 1030. The smallest absolute Gasteiger partial charge is 0.254 e. The Morgan fingerprint density at radius 2 is 1.97 bits per heavy atom. The molecule has 3 rings (SSSR count). The van der Waals surface area contributed by atoms with E-state index >= 15 is 0 Å². The van der Waals surface area contributed by atoms with Gasteiger partial charge in [0.25, 0.3) is 5.91 Å². The molecular weight excluding hydrogens is 393 g/mol. The summed E-state index contributed by atoms with van der Waals surface area (Å²) in [7, 11) is 0. The first-order valence-electron chi connectivity index (χ1n) is 9.28. The highest BCUT2D eigenvalue weighted by Crippen LogP contribution is 2.29. The second-order valence-corrected chi connectivity index (χ2v) is 7.78. The fourth-order valence-corrected chi connectivity index (χ4v) is 3.69. The average molecular weight is 415 g/mol. The lowest BCUT2D eigenvalue weighted by Gasteiger charge is -2.21. The fraction of sp³-hybridized carbons (Fsp3) is 0.286. The second-order valence-electron chi connectivity index (χ2n) is 6.75. The number of anilines is 1. The first-order chi connectivity index (χ1) is 13.9. The maximum atomic E-state index is 13.9. The van der Waals surface area contributed by atoms with Crippen molar-refractivity contribution in [2.45, 2.75) is 26.8 Å². The Hall–Kier alpha value is -3.00. The normalized spacial score (nSPS) is 12.0. The fourth-order valence-electron chi connectivity index (χ4n) is 2.80. The van der Waals surface area contributed by atoms with E-state index in [2.05, 4.69) is 15.6 Å². The number of nitrogens with one attached hydrogen (secondary N) is 2. The van der Waals surface area contributed by atoms with Crippen LogP contribution in [0.15, 0.2) is 42.5 Å². The van der Waals surface area contributed by atoms with Gasteiger partial charge in [0.15, 0.2) is 5.13 Å². The van der Waals surface area contributed by atoms with Crippen molar-refractivity contribution in [3.8, 4) is 5.75 Å². The molecule has 1 atom stereocenters. The van der Waals surface area contributed by atoms with Crippen LogP contribution in [0.2, 0.25) is 0 Å². The van der Waals surface area contributed by atoms with Crippen molar-refractivity contribution in [3.63, 3.8) is 0 Å². The molecule has 1 heterocycles. The lowest BCUT2D eigenvalue weighted by Crippen LogP contribution is -2.47. The molecule has 1 aromatic heterocycles. The molecule has 0 aliphatic rings. The van der Waals surface area contributed by atoms with Crippen LogP contribution in [0, 0.1) is 11.7 Å². The highest BCUT2D eigenvalue weighted by atomic mass is 32.1. The predicted octanol–water partition coefficient (Wildman–Crippen LogP) is 4.23. The summed E-state index contributed by atoms with van der Waals surface area (Å²) < 4.78 is 20.2. The average Bonchev–Trinajstić information content (AvgIpc) is 3.07. The van der Waals surface area contributed by atoms with Crippen molar-refractivity contribution < 1.29 is 18.7 Å². The van der Waals surface area contributed by atoms with Gasteiger partial charge in [-0.15, -0.1) is 0 Å². The molecule has 0 fully saturated rings.